The highest BCUT2D eigenvalue weighted by molar-refractivity contribution is 7.99. The zero-order chi connectivity index (χ0) is 25.9. The molecule has 1 N–H and O–H groups in total. The quantitative estimate of drug-likeness (QED) is 0.216. The van der Waals surface area contributed by atoms with Crippen molar-refractivity contribution in [3.8, 4) is 17.1 Å². The molecular formula is C29H24ClFN4O2S. The van der Waals surface area contributed by atoms with E-state index in [0.717, 1.165) is 58.2 Å². The van der Waals surface area contributed by atoms with Crippen LogP contribution in [0.1, 0.15) is 11.3 Å². The average Bonchev–Trinajstić information content (AvgIpc) is 3.61. The lowest BCUT2D eigenvalue weighted by atomic mass is 10.1. The van der Waals surface area contributed by atoms with Crippen molar-refractivity contribution in [2.45, 2.75) is 13.2 Å². The number of nitrogens with one attached hydrogen (secondary N) is 1. The van der Waals surface area contributed by atoms with Crippen molar-refractivity contribution in [1.29, 1.82) is 0 Å². The molecule has 0 aliphatic carbocycles. The number of ether oxygens (including phenoxy) is 1. The summed E-state index contributed by atoms with van der Waals surface area (Å²) in [6.07, 6.45) is 1.53. The molecule has 0 radical (unpaired) electrons. The van der Waals surface area contributed by atoms with Gasteiger partial charge in [-0.05, 0) is 66.2 Å². The molecule has 1 aliphatic heterocycles. The fourth-order valence-corrected chi connectivity index (χ4v) is 5.57. The molecule has 3 heterocycles. The van der Waals surface area contributed by atoms with Crippen molar-refractivity contribution in [2.75, 3.05) is 23.5 Å². The van der Waals surface area contributed by atoms with Gasteiger partial charge in [0.2, 0.25) is 0 Å². The molecule has 9 heteroatoms. The predicted molar refractivity (Wildman–Crippen MR) is 150 cm³/mol. The number of aromatic nitrogens is 2. The van der Waals surface area contributed by atoms with Crippen LogP contribution in [-0.2, 0) is 13.2 Å². The number of anilines is 2. The second-order valence-corrected chi connectivity index (χ2v) is 10.5. The van der Waals surface area contributed by atoms with Crippen LogP contribution >= 0.6 is 23.4 Å². The Labute approximate surface area is 228 Å². The van der Waals surface area contributed by atoms with Gasteiger partial charge in [-0.25, -0.2) is 14.4 Å². The number of benzene rings is 3. The van der Waals surface area contributed by atoms with Crippen molar-refractivity contribution in [2.24, 2.45) is 0 Å². The van der Waals surface area contributed by atoms with E-state index in [4.69, 9.17) is 20.8 Å². The number of rotatable bonds is 8. The van der Waals surface area contributed by atoms with E-state index in [2.05, 4.69) is 20.2 Å². The maximum atomic E-state index is 13.4. The van der Waals surface area contributed by atoms with Gasteiger partial charge in [-0.2, -0.15) is 0 Å². The van der Waals surface area contributed by atoms with Gasteiger partial charge in [-0.1, -0.05) is 23.7 Å². The molecule has 6 nitrogen and oxygen atoms in total. The van der Waals surface area contributed by atoms with Crippen LogP contribution in [0.4, 0.5) is 15.9 Å². The summed E-state index contributed by atoms with van der Waals surface area (Å²) < 4.78 is 25.4. The van der Waals surface area contributed by atoms with Gasteiger partial charge in [-0.15, -0.1) is 11.8 Å². The maximum absolute atomic E-state index is 13.4. The van der Waals surface area contributed by atoms with Crippen LogP contribution in [0.5, 0.6) is 5.75 Å². The highest BCUT2D eigenvalue weighted by atomic mass is 35.5. The number of hydrogen-bond acceptors (Lipinski definition) is 7. The van der Waals surface area contributed by atoms with Crippen LogP contribution in [0.25, 0.3) is 22.2 Å². The van der Waals surface area contributed by atoms with E-state index in [1.807, 2.05) is 48.2 Å². The van der Waals surface area contributed by atoms with E-state index >= 15 is 0 Å². The van der Waals surface area contributed by atoms with Crippen LogP contribution in [0, 0.1) is 5.82 Å². The van der Waals surface area contributed by atoms with Gasteiger partial charge in [0.15, 0.2) is 0 Å². The van der Waals surface area contributed by atoms with Crippen LogP contribution in [0.3, 0.4) is 0 Å². The first-order valence-corrected chi connectivity index (χ1v) is 13.7. The lowest BCUT2D eigenvalue weighted by molar-refractivity contribution is 0.306. The van der Waals surface area contributed by atoms with E-state index < -0.39 is 0 Å². The number of furan rings is 1. The summed E-state index contributed by atoms with van der Waals surface area (Å²) in [7, 11) is 0. The summed E-state index contributed by atoms with van der Waals surface area (Å²) in [5.41, 5.74) is 3.25. The molecular weight excluding hydrogens is 523 g/mol. The monoisotopic (exact) mass is 546 g/mol. The fourth-order valence-electron chi connectivity index (χ4n) is 4.34. The molecule has 0 amide bonds. The van der Waals surface area contributed by atoms with Crippen molar-refractivity contribution in [1.82, 2.24) is 14.9 Å². The Bertz CT molecular complexity index is 1590. The number of fused-ring (bicyclic) bond motifs is 1. The Morgan fingerprint density at radius 1 is 1.05 bits per heavy atom. The Kier molecular flexibility index (Phi) is 7.18. The van der Waals surface area contributed by atoms with Gasteiger partial charge in [0.25, 0.3) is 0 Å². The summed E-state index contributed by atoms with van der Waals surface area (Å²) in [5, 5.41) is 4.65. The third-order valence-electron chi connectivity index (χ3n) is 6.26. The van der Waals surface area contributed by atoms with E-state index in [1.54, 1.807) is 24.3 Å². The molecule has 192 valence electrons. The highest BCUT2D eigenvalue weighted by Crippen LogP contribution is 2.33. The fraction of sp³-hybridized carbons (Fsp3) is 0.172. The van der Waals surface area contributed by atoms with Gasteiger partial charge in [0.1, 0.15) is 41.8 Å². The first-order chi connectivity index (χ1) is 18.6. The maximum Gasteiger partial charge on any atom is 0.141 e. The Morgan fingerprint density at radius 3 is 2.84 bits per heavy atom. The Morgan fingerprint density at radius 2 is 2.00 bits per heavy atom. The van der Waals surface area contributed by atoms with Gasteiger partial charge in [0, 0.05) is 34.8 Å². The molecule has 1 saturated heterocycles. The van der Waals surface area contributed by atoms with Crippen molar-refractivity contribution in [3.63, 3.8) is 0 Å². The average molecular weight is 547 g/mol. The normalized spacial score (nSPS) is 13.7. The highest BCUT2D eigenvalue weighted by Gasteiger charge is 2.15. The summed E-state index contributed by atoms with van der Waals surface area (Å²) in [6.45, 7) is 2.13. The van der Waals surface area contributed by atoms with E-state index in [0.29, 0.717) is 16.6 Å². The molecule has 0 bridgehead atoms. The minimum atomic E-state index is -0.300. The molecule has 6 rings (SSSR count). The number of halogens is 2. The zero-order valence-corrected chi connectivity index (χ0v) is 21.9. The molecule has 5 aromatic rings. The minimum Gasteiger partial charge on any atom is -0.487 e. The summed E-state index contributed by atoms with van der Waals surface area (Å²) >= 11 is 8.44. The Hall–Kier alpha value is -3.59. The predicted octanol–water partition coefficient (Wildman–Crippen LogP) is 7.51. The first-order valence-electron chi connectivity index (χ1n) is 12.2. The molecule has 0 spiro atoms. The molecule has 0 saturated carbocycles. The summed E-state index contributed by atoms with van der Waals surface area (Å²) in [5.74, 6) is 4.85. The largest absolute Gasteiger partial charge is 0.487 e. The summed E-state index contributed by atoms with van der Waals surface area (Å²) in [4.78, 5) is 11.3. The molecule has 2 aromatic heterocycles. The van der Waals surface area contributed by atoms with Crippen LogP contribution in [-0.4, -0.2) is 33.0 Å². The molecule has 38 heavy (non-hydrogen) atoms. The van der Waals surface area contributed by atoms with Crippen molar-refractivity contribution in [3.05, 3.63) is 101 Å². The standard InChI is InChI=1S/C29H24ClFN4O2S/c30-25-14-22(5-8-28(25)36-16-19-2-1-3-21(31)12-19)34-29-24-13-20(4-7-26(24)32-17-33-29)27-9-6-23(37-27)15-35-10-11-38-18-35/h1-9,12-14,17H,10-11,15-16,18H2,(H,32,33,34). The topological polar surface area (TPSA) is 63.4 Å². The lowest BCUT2D eigenvalue weighted by Gasteiger charge is -2.12. The Balaban J connectivity index is 1.20. The SMILES string of the molecule is Fc1cccc(COc2ccc(Nc3ncnc4ccc(-c5ccc(CN6CCSC6)o5)cc34)cc2Cl)c1. The summed E-state index contributed by atoms with van der Waals surface area (Å²) in [6, 6.07) is 21.8. The van der Waals surface area contributed by atoms with Gasteiger partial charge >= 0.3 is 0 Å². The smallest absolute Gasteiger partial charge is 0.141 e. The minimum absolute atomic E-state index is 0.217. The third kappa shape index (κ3) is 5.62. The van der Waals surface area contributed by atoms with E-state index in [-0.39, 0.29) is 12.4 Å². The van der Waals surface area contributed by atoms with Crippen molar-refractivity contribution < 1.29 is 13.5 Å². The molecule has 3 aromatic carbocycles. The second-order valence-electron chi connectivity index (χ2n) is 9.00. The second kappa shape index (κ2) is 11.0. The van der Waals surface area contributed by atoms with Gasteiger partial charge in [0.05, 0.1) is 17.1 Å². The molecule has 0 atom stereocenters. The molecule has 0 unspecified atom stereocenters. The molecule has 1 aliphatic rings. The molecule has 1 fully saturated rings. The lowest BCUT2D eigenvalue weighted by Crippen LogP contribution is -2.18. The first kappa shape index (κ1) is 24.7. The number of thioether (sulfide) groups is 1. The van der Waals surface area contributed by atoms with Crippen molar-refractivity contribution >= 4 is 45.8 Å². The van der Waals surface area contributed by atoms with E-state index in [9.17, 15) is 4.39 Å². The van der Waals surface area contributed by atoms with E-state index in [1.165, 1.54) is 24.2 Å². The van der Waals surface area contributed by atoms with Crippen LogP contribution < -0.4 is 10.1 Å². The third-order valence-corrected chi connectivity index (χ3v) is 7.58. The van der Waals surface area contributed by atoms with Gasteiger partial charge in [-0.3, -0.25) is 4.90 Å². The number of hydrogen-bond donors (Lipinski definition) is 1. The number of nitrogens with zero attached hydrogens (tertiary/aromatic N) is 3. The van der Waals surface area contributed by atoms with Gasteiger partial charge < -0.3 is 14.5 Å². The zero-order valence-electron chi connectivity index (χ0n) is 20.4. The van der Waals surface area contributed by atoms with Crippen LogP contribution in [0.15, 0.2) is 83.5 Å². The van der Waals surface area contributed by atoms with Crippen LogP contribution in [0.2, 0.25) is 5.02 Å².